The van der Waals surface area contributed by atoms with Crippen molar-refractivity contribution in [1.82, 2.24) is 10.2 Å². The van der Waals surface area contributed by atoms with E-state index in [1.165, 1.54) is 0 Å². The maximum Gasteiger partial charge on any atom is 0.251 e. The van der Waals surface area contributed by atoms with E-state index in [-0.39, 0.29) is 24.3 Å². The van der Waals surface area contributed by atoms with Gasteiger partial charge in [-0.2, -0.15) is 0 Å². The van der Waals surface area contributed by atoms with Gasteiger partial charge in [-0.3, -0.25) is 9.59 Å². The maximum atomic E-state index is 12.6. The topological polar surface area (TPSA) is 58.6 Å². The standard InChI is InChI=1S/C20H22N2O3/c23-19(22-11-13-25-14-12-22)15-18(16-7-3-1-4-8-16)21-20(24)17-9-5-2-6-10-17/h1-10,18H,11-15H2,(H,21,24). The van der Waals surface area contributed by atoms with E-state index in [2.05, 4.69) is 5.32 Å². The molecule has 0 bridgehead atoms. The van der Waals surface area contributed by atoms with Gasteiger partial charge in [0.2, 0.25) is 5.91 Å². The summed E-state index contributed by atoms with van der Waals surface area (Å²) in [6, 6.07) is 18.3. The van der Waals surface area contributed by atoms with E-state index in [9.17, 15) is 9.59 Å². The van der Waals surface area contributed by atoms with Crippen LogP contribution in [-0.2, 0) is 9.53 Å². The highest BCUT2D eigenvalue weighted by molar-refractivity contribution is 5.94. The second kappa shape index (κ2) is 8.44. The van der Waals surface area contributed by atoms with Crippen LogP contribution in [0.15, 0.2) is 60.7 Å². The number of carbonyl (C=O) groups is 2. The summed E-state index contributed by atoms with van der Waals surface area (Å²) in [4.78, 5) is 26.9. The van der Waals surface area contributed by atoms with Crippen molar-refractivity contribution in [3.05, 3.63) is 71.8 Å². The van der Waals surface area contributed by atoms with Crippen LogP contribution in [-0.4, -0.2) is 43.0 Å². The minimum Gasteiger partial charge on any atom is -0.378 e. The molecule has 5 nitrogen and oxygen atoms in total. The molecule has 0 aliphatic carbocycles. The monoisotopic (exact) mass is 338 g/mol. The molecular formula is C20H22N2O3. The van der Waals surface area contributed by atoms with Crippen LogP contribution in [0.4, 0.5) is 0 Å². The Bertz CT molecular complexity index is 697. The largest absolute Gasteiger partial charge is 0.378 e. The highest BCUT2D eigenvalue weighted by Gasteiger charge is 2.23. The molecule has 1 heterocycles. The van der Waals surface area contributed by atoms with E-state index in [1.54, 1.807) is 17.0 Å². The highest BCUT2D eigenvalue weighted by atomic mass is 16.5. The molecule has 5 heteroatoms. The van der Waals surface area contributed by atoms with Crippen LogP contribution in [0.3, 0.4) is 0 Å². The Morgan fingerprint density at radius 3 is 2.20 bits per heavy atom. The van der Waals surface area contributed by atoms with Gasteiger partial charge in [0.05, 0.1) is 25.7 Å². The lowest BCUT2D eigenvalue weighted by Crippen LogP contribution is -2.42. The van der Waals surface area contributed by atoms with E-state index in [0.717, 1.165) is 5.56 Å². The van der Waals surface area contributed by atoms with E-state index in [4.69, 9.17) is 4.74 Å². The molecule has 1 aliphatic heterocycles. The predicted molar refractivity (Wildman–Crippen MR) is 95.1 cm³/mol. The number of nitrogens with one attached hydrogen (secondary N) is 1. The Morgan fingerprint density at radius 2 is 1.56 bits per heavy atom. The lowest BCUT2D eigenvalue weighted by atomic mass is 10.0. The SMILES string of the molecule is O=C(NC(CC(=O)N1CCOCC1)c1ccccc1)c1ccccc1. The van der Waals surface area contributed by atoms with Crippen LogP contribution in [0.2, 0.25) is 0 Å². The second-order valence-electron chi connectivity index (χ2n) is 6.00. The number of nitrogens with zero attached hydrogens (tertiary/aromatic N) is 1. The zero-order valence-electron chi connectivity index (χ0n) is 14.1. The van der Waals surface area contributed by atoms with Gasteiger partial charge in [-0.05, 0) is 17.7 Å². The van der Waals surface area contributed by atoms with E-state index < -0.39 is 0 Å². The molecule has 2 aromatic rings. The molecule has 25 heavy (non-hydrogen) atoms. The molecule has 1 saturated heterocycles. The fourth-order valence-electron chi connectivity index (χ4n) is 2.89. The molecule has 0 radical (unpaired) electrons. The molecule has 1 aliphatic rings. The van der Waals surface area contributed by atoms with Crippen molar-refractivity contribution in [2.75, 3.05) is 26.3 Å². The number of morpholine rings is 1. The van der Waals surface area contributed by atoms with Gasteiger partial charge in [-0.25, -0.2) is 0 Å². The molecule has 3 rings (SSSR count). The quantitative estimate of drug-likeness (QED) is 0.911. The third-order valence-corrected chi connectivity index (χ3v) is 4.29. The number of rotatable bonds is 5. The first kappa shape index (κ1) is 17.2. The molecule has 1 fully saturated rings. The summed E-state index contributed by atoms with van der Waals surface area (Å²) < 4.78 is 5.30. The van der Waals surface area contributed by atoms with Crippen molar-refractivity contribution in [3.8, 4) is 0 Å². The summed E-state index contributed by atoms with van der Waals surface area (Å²) in [5.41, 5.74) is 1.51. The van der Waals surface area contributed by atoms with Crippen LogP contribution in [0.1, 0.15) is 28.4 Å². The zero-order chi connectivity index (χ0) is 17.5. The van der Waals surface area contributed by atoms with E-state index >= 15 is 0 Å². The summed E-state index contributed by atoms with van der Waals surface area (Å²) in [7, 11) is 0. The fourth-order valence-corrected chi connectivity index (χ4v) is 2.89. The van der Waals surface area contributed by atoms with Crippen LogP contribution < -0.4 is 5.32 Å². The second-order valence-corrected chi connectivity index (χ2v) is 6.00. The Morgan fingerprint density at radius 1 is 0.960 bits per heavy atom. The van der Waals surface area contributed by atoms with Crippen molar-refractivity contribution in [3.63, 3.8) is 0 Å². The van der Waals surface area contributed by atoms with Crippen molar-refractivity contribution in [2.45, 2.75) is 12.5 Å². The number of benzene rings is 2. The zero-order valence-corrected chi connectivity index (χ0v) is 14.1. The first-order valence-corrected chi connectivity index (χ1v) is 8.50. The average Bonchev–Trinajstić information content (AvgIpc) is 2.69. The van der Waals surface area contributed by atoms with Crippen molar-refractivity contribution >= 4 is 11.8 Å². The molecule has 1 unspecified atom stereocenters. The minimum absolute atomic E-state index is 0.0329. The van der Waals surface area contributed by atoms with Crippen molar-refractivity contribution in [1.29, 1.82) is 0 Å². The van der Waals surface area contributed by atoms with Crippen molar-refractivity contribution in [2.24, 2.45) is 0 Å². The first-order chi connectivity index (χ1) is 12.2. The first-order valence-electron chi connectivity index (χ1n) is 8.50. The molecule has 0 spiro atoms. The molecule has 0 aromatic heterocycles. The normalized spacial score (nSPS) is 15.4. The third-order valence-electron chi connectivity index (χ3n) is 4.29. The fraction of sp³-hybridized carbons (Fsp3) is 0.300. The van der Waals surface area contributed by atoms with Crippen LogP contribution in [0.25, 0.3) is 0 Å². The summed E-state index contributed by atoms with van der Waals surface area (Å²) in [5.74, 6) is -0.144. The summed E-state index contributed by atoms with van der Waals surface area (Å²) in [6.07, 6.45) is 0.239. The average molecular weight is 338 g/mol. The maximum absolute atomic E-state index is 12.6. The molecule has 0 saturated carbocycles. The van der Waals surface area contributed by atoms with Gasteiger partial charge in [0.25, 0.3) is 5.91 Å². The number of amides is 2. The Hall–Kier alpha value is -2.66. The summed E-state index contributed by atoms with van der Waals surface area (Å²) >= 11 is 0. The molecule has 2 amide bonds. The lowest BCUT2D eigenvalue weighted by Gasteiger charge is -2.29. The molecule has 2 aromatic carbocycles. The molecule has 130 valence electrons. The smallest absolute Gasteiger partial charge is 0.251 e. The summed E-state index contributed by atoms with van der Waals surface area (Å²) in [5, 5.41) is 3.00. The van der Waals surface area contributed by atoms with E-state index in [1.807, 2.05) is 48.5 Å². The van der Waals surface area contributed by atoms with Crippen LogP contribution >= 0.6 is 0 Å². The van der Waals surface area contributed by atoms with Gasteiger partial charge in [0.1, 0.15) is 0 Å². The highest BCUT2D eigenvalue weighted by Crippen LogP contribution is 2.19. The molecular weight excluding hydrogens is 316 g/mol. The number of ether oxygens (including phenoxy) is 1. The van der Waals surface area contributed by atoms with Gasteiger partial charge in [0, 0.05) is 18.7 Å². The Labute approximate surface area is 147 Å². The molecule has 1 N–H and O–H groups in total. The Kier molecular flexibility index (Phi) is 5.80. The molecule has 1 atom stereocenters. The third kappa shape index (κ3) is 4.67. The summed E-state index contributed by atoms with van der Waals surface area (Å²) in [6.45, 7) is 2.34. The number of hydrogen-bond donors (Lipinski definition) is 1. The number of carbonyl (C=O) groups excluding carboxylic acids is 2. The van der Waals surface area contributed by atoms with Gasteiger partial charge in [0.15, 0.2) is 0 Å². The van der Waals surface area contributed by atoms with Gasteiger partial charge >= 0.3 is 0 Å². The van der Waals surface area contributed by atoms with Crippen LogP contribution in [0, 0.1) is 0 Å². The van der Waals surface area contributed by atoms with Crippen molar-refractivity contribution < 1.29 is 14.3 Å². The van der Waals surface area contributed by atoms with Gasteiger partial charge < -0.3 is 15.0 Å². The predicted octanol–water partition coefficient (Wildman–Crippen LogP) is 2.41. The lowest BCUT2D eigenvalue weighted by molar-refractivity contribution is -0.135. The minimum atomic E-state index is -0.357. The van der Waals surface area contributed by atoms with Crippen LogP contribution in [0.5, 0.6) is 0 Å². The van der Waals surface area contributed by atoms with E-state index in [0.29, 0.717) is 31.9 Å². The number of hydrogen-bond acceptors (Lipinski definition) is 3. The van der Waals surface area contributed by atoms with Gasteiger partial charge in [-0.15, -0.1) is 0 Å². The van der Waals surface area contributed by atoms with Gasteiger partial charge in [-0.1, -0.05) is 48.5 Å². The Balaban J connectivity index is 1.73.